The Morgan fingerprint density at radius 1 is 0.893 bits per heavy atom. The zero-order valence-electron chi connectivity index (χ0n) is 17.6. The van der Waals surface area contributed by atoms with Gasteiger partial charge in [0.05, 0.1) is 20.3 Å². The minimum atomic E-state index is 0.276. The smallest absolute Gasteiger partial charge is 0.168 e. The molecule has 0 aliphatic rings. The van der Waals surface area contributed by atoms with Gasteiger partial charge in [-0.1, -0.05) is 39.2 Å². The average molecular weight is 407 g/mol. The van der Waals surface area contributed by atoms with Crippen LogP contribution in [0.15, 0.2) is 30.3 Å². The molecule has 0 aliphatic heterocycles. The van der Waals surface area contributed by atoms with Crippen LogP contribution in [0.25, 0.3) is 10.8 Å². The highest BCUT2D eigenvalue weighted by Gasteiger charge is 2.11. The second-order valence-electron chi connectivity index (χ2n) is 7.24. The van der Waals surface area contributed by atoms with Crippen molar-refractivity contribution < 1.29 is 14.2 Å². The Morgan fingerprint density at radius 2 is 1.68 bits per heavy atom. The molecule has 2 aromatic rings. The maximum absolute atomic E-state index is 6.17. The predicted octanol–water partition coefficient (Wildman–Crippen LogP) is 7.37. The summed E-state index contributed by atoms with van der Waals surface area (Å²) in [6, 6.07) is 10.2. The van der Waals surface area contributed by atoms with Gasteiger partial charge in [-0.2, -0.15) is 0 Å². The molecule has 0 saturated heterocycles. The van der Waals surface area contributed by atoms with E-state index in [4.69, 9.17) is 25.8 Å². The van der Waals surface area contributed by atoms with Gasteiger partial charge in [-0.25, -0.2) is 0 Å². The molecule has 1 atom stereocenters. The lowest BCUT2D eigenvalue weighted by Gasteiger charge is -2.14. The summed E-state index contributed by atoms with van der Waals surface area (Å²) in [5.74, 6) is 2.49. The number of hydrogen-bond donors (Lipinski definition) is 0. The minimum absolute atomic E-state index is 0.276. The first-order valence-corrected chi connectivity index (χ1v) is 11.1. The molecule has 1 unspecified atom stereocenters. The van der Waals surface area contributed by atoms with Crippen LogP contribution in [0.1, 0.15) is 65.2 Å². The average Bonchev–Trinajstić information content (AvgIpc) is 2.72. The number of benzene rings is 2. The van der Waals surface area contributed by atoms with Crippen LogP contribution in [-0.4, -0.2) is 25.7 Å². The number of methoxy groups -OCH3 is 1. The van der Waals surface area contributed by atoms with Crippen LogP contribution >= 0.6 is 11.6 Å². The zero-order chi connectivity index (χ0) is 20.2. The molecule has 0 aliphatic carbocycles. The molecule has 3 nitrogen and oxygen atoms in total. The topological polar surface area (TPSA) is 27.7 Å². The summed E-state index contributed by atoms with van der Waals surface area (Å²) in [6.07, 6.45) is 8.97. The Hall–Kier alpha value is -1.61. The fourth-order valence-corrected chi connectivity index (χ4v) is 3.40. The van der Waals surface area contributed by atoms with E-state index in [2.05, 4.69) is 32.0 Å². The van der Waals surface area contributed by atoms with Crippen molar-refractivity contribution in [3.63, 3.8) is 0 Å². The van der Waals surface area contributed by atoms with Gasteiger partial charge in [0.1, 0.15) is 5.75 Å². The number of rotatable bonds is 14. The highest BCUT2D eigenvalue weighted by Crippen LogP contribution is 2.37. The second-order valence-corrected chi connectivity index (χ2v) is 7.86. The maximum Gasteiger partial charge on any atom is 0.168 e. The molecular formula is C24H35ClO3. The maximum atomic E-state index is 6.17. The van der Waals surface area contributed by atoms with Crippen LogP contribution in [0.2, 0.25) is 0 Å². The Morgan fingerprint density at radius 3 is 2.43 bits per heavy atom. The van der Waals surface area contributed by atoms with Crippen LogP contribution in [0.4, 0.5) is 0 Å². The van der Waals surface area contributed by atoms with Crippen molar-refractivity contribution in [2.45, 2.75) is 70.6 Å². The molecule has 156 valence electrons. The summed E-state index contributed by atoms with van der Waals surface area (Å²) in [5, 5.41) is 2.42. The van der Waals surface area contributed by atoms with Gasteiger partial charge in [0.15, 0.2) is 11.5 Å². The lowest BCUT2D eigenvalue weighted by Crippen LogP contribution is -2.02. The number of ether oxygens (including phenoxy) is 3. The van der Waals surface area contributed by atoms with E-state index >= 15 is 0 Å². The van der Waals surface area contributed by atoms with Crippen molar-refractivity contribution in [1.82, 2.24) is 0 Å². The lowest BCUT2D eigenvalue weighted by atomic mass is 10.1. The Balaban J connectivity index is 1.94. The van der Waals surface area contributed by atoms with Crippen molar-refractivity contribution in [3.05, 3.63) is 30.3 Å². The summed E-state index contributed by atoms with van der Waals surface area (Å²) < 4.78 is 17.5. The summed E-state index contributed by atoms with van der Waals surface area (Å²) in [5.41, 5.74) is 0. The molecule has 0 heterocycles. The predicted molar refractivity (Wildman–Crippen MR) is 119 cm³/mol. The molecule has 28 heavy (non-hydrogen) atoms. The molecule has 0 N–H and O–H groups in total. The van der Waals surface area contributed by atoms with Gasteiger partial charge in [-0.05, 0) is 61.8 Å². The molecule has 0 saturated carbocycles. The number of halogens is 1. The van der Waals surface area contributed by atoms with Gasteiger partial charge in [0.2, 0.25) is 0 Å². The Labute approximate surface area is 175 Å². The molecule has 2 aromatic carbocycles. The molecule has 0 bridgehead atoms. The molecule has 4 heteroatoms. The molecule has 0 spiro atoms. The van der Waals surface area contributed by atoms with Gasteiger partial charge in [0, 0.05) is 10.8 Å². The normalized spacial score (nSPS) is 12.1. The van der Waals surface area contributed by atoms with Gasteiger partial charge in [-0.15, -0.1) is 11.6 Å². The van der Waals surface area contributed by atoms with Crippen molar-refractivity contribution in [1.29, 1.82) is 0 Å². The van der Waals surface area contributed by atoms with Crippen molar-refractivity contribution in [2.75, 3.05) is 20.3 Å². The van der Waals surface area contributed by atoms with E-state index in [1.165, 1.54) is 19.3 Å². The van der Waals surface area contributed by atoms with Crippen LogP contribution in [0, 0.1) is 0 Å². The third-order valence-electron chi connectivity index (χ3n) is 4.99. The molecule has 2 rings (SSSR count). The summed E-state index contributed by atoms with van der Waals surface area (Å²) >= 11 is 6.17. The summed E-state index contributed by atoms with van der Waals surface area (Å²) in [6.45, 7) is 5.79. The zero-order valence-corrected chi connectivity index (χ0v) is 18.4. The molecule has 0 fully saturated rings. The van der Waals surface area contributed by atoms with Crippen LogP contribution in [0.5, 0.6) is 17.2 Å². The van der Waals surface area contributed by atoms with E-state index < -0.39 is 0 Å². The second kappa shape index (κ2) is 12.8. The lowest BCUT2D eigenvalue weighted by molar-refractivity contribution is 0.286. The number of hydrogen-bond acceptors (Lipinski definition) is 3. The Kier molecular flexibility index (Phi) is 10.3. The SMILES string of the molecule is CCCCCCOc1ccc2c(OC)c(OCCCCC(Cl)CC)ccc2c1. The quantitative estimate of drug-likeness (QED) is 0.242. The molecule has 0 aromatic heterocycles. The van der Waals surface area contributed by atoms with Crippen molar-refractivity contribution >= 4 is 22.4 Å². The fraction of sp³-hybridized carbons (Fsp3) is 0.583. The van der Waals surface area contributed by atoms with Gasteiger partial charge < -0.3 is 14.2 Å². The fourth-order valence-electron chi connectivity index (χ4n) is 3.25. The van der Waals surface area contributed by atoms with E-state index in [-0.39, 0.29) is 5.38 Å². The van der Waals surface area contributed by atoms with Gasteiger partial charge in [0.25, 0.3) is 0 Å². The number of alkyl halides is 1. The number of fused-ring (bicyclic) bond motifs is 1. The third-order valence-corrected chi connectivity index (χ3v) is 5.52. The minimum Gasteiger partial charge on any atom is -0.494 e. The van der Waals surface area contributed by atoms with E-state index in [9.17, 15) is 0 Å². The van der Waals surface area contributed by atoms with E-state index in [1.807, 2.05) is 12.1 Å². The molecule has 0 radical (unpaired) electrons. The van der Waals surface area contributed by atoms with E-state index in [0.717, 1.165) is 66.7 Å². The standard InChI is InChI=1S/C24H35ClO3/c1-4-6-7-9-16-27-21-13-14-22-19(18-21)12-15-23(24(22)26-3)28-17-10-8-11-20(25)5-2/h12-15,18,20H,4-11,16-17H2,1-3H3. The van der Waals surface area contributed by atoms with Gasteiger partial charge in [-0.3, -0.25) is 0 Å². The monoisotopic (exact) mass is 406 g/mol. The van der Waals surface area contributed by atoms with Crippen LogP contribution < -0.4 is 14.2 Å². The van der Waals surface area contributed by atoms with Crippen molar-refractivity contribution in [3.8, 4) is 17.2 Å². The van der Waals surface area contributed by atoms with Crippen LogP contribution in [0.3, 0.4) is 0 Å². The first-order valence-electron chi connectivity index (χ1n) is 10.7. The largest absolute Gasteiger partial charge is 0.494 e. The Bertz CT molecular complexity index is 702. The first-order chi connectivity index (χ1) is 13.7. The van der Waals surface area contributed by atoms with E-state index in [0.29, 0.717) is 6.61 Å². The summed E-state index contributed by atoms with van der Waals surface area (Å²) in [7, 11) is 1.69. The van der Waals surface area contributed by atoms with E-state index in [1.54, 1.807) is 7.11 Å². The third kappa shape index (κ3) is 7.09. The highest BCUT2D eigenvalue weighted by molar-refractivity contribution is 6.20. The first kappa shape index (κ1) is 22.7. The van der Waals surface area contributed by atoms with Crippen molar-refractivity contribution in [2.24, 2.45) is 0 Å². The molecular weight excluding hydrogens is 372 g/mol. The summed E-state index contributed by atoms with van der Waals surface area (Å²) in [4.78, 5) is 0. The van der Waals surface area contributed by atoms with Crippen LogP contribution in [-0.2, 0) is 0 Å². The molecule has 0 amide bonds. The number of unbranched alkanes of at least 4 members (excludes halogenated alkanes) is 4. The highest BCUT2D eigenvalue weighted by atomic mass is 35.5. The van der Waals surface area contributed by atoms with Gasteiger partial charge >= 0.3 is 0 Å².